The van der Waals surface area contributed by atoms with Crippen LogP contribution < -0.4 is 5.32 Å². The standard InChI is InChI=1S/C14H20BrNO2/c1-10(9-17)16-14(13-3-2-8-18-13)11-4-6-12(15)7-5-11/h4-7,10,13-14,16-17H,2-3,8-9H2,1H3. The van der Waals surface area contributed by atoms with Crippen LogP contribution in [0.25, 0.3) is 0 Å². The van der Waals surface area contributed by atoms with E-state index in [4.69, 9.17) is 4.74 Å². The van der Waals surface area contributed by atoms with Gasteiger partial charge in [-0.3, -0.25) is 0 Å². The van der Waals surface area contributed by atoms with E-state index in [2.05, 4.69) is 33.4 Å². The lowest BCUT2D eigenvalue weighted by Crippen LogP contribution is -2.39. The van der Waals surface area contributed by atoms with Crippen LogP contribution in [0.4, 0.5) is 0 Å². The summed E-state index contributed by atoms with van der Waals surface area (Å²) in [5.74, 6) is 0. The van der Waals surface area contributed by atoms with E-state index in [1.165, 1.54) is 5.56 Å². The molecule has 2 N–H and O–H groups in total. The number of benzene rings is 1. The van der Waals surface area contributed by atoms with Gasteiger partial charge in [0.2, 0.25) is 0 Å². The summed E-state index contributed by atoms with van der Waals surface area (Å²) in [6.45, 7) is 2.97. The second kappa shape index (κ2) is 6.66. The van der Waals surface area contributed by atoms with Crippen molar-refractivity contribution < 1.29 is 9.84 Å². The van der Waals surface area contributed by atoms with Gasteiger partial charge in [-0.2, -0.15) is 0 Å². The van der Waals surface area contributed by atoms with Crippen LogP contribution in [0, 0.1) is 0 Å². The second-order valence-electron chi connectivity index (χ2n) is 4.83. The Morgan fingerprint density at radius 3 is 2.72 bits per heavy atom. The summed E-state index contributed by atoms with van der Waals surface area (Å²) in [5, 5.41) is 12.7. The molecule has 100 valence electrons. The molecule has 1 aliphatic rings. The van der Waals surface area contributed by atoms with Gasteiger partial charge in [-0.1, -0.05) is 28.1 Å². The Morgan fingerprint density at radius 1 is 1.44 bits per heavy atom. The topological polar surface area (TPSA) is 41.5 Å². The minimum atomic E-state index is 0.0721. The molecule has 18 heavy (non-hydrogen) atoms. The second-order valence-corrected chi connectivity index (χ2v) is 5.75. The van der Waals surface area contributed by atoms with E-state index < -0.39 is 0 Å². The van der Waals surface area contributed by atoms with Crippen LogP contribution in [0.5, 0.6) is 0 Å². The van der Waals surface area contributed by atoms with Crippen LogP contribution in [0.15, 0.2) is 28.7 Å². The van der Waals surface area contributed by atoms with E-state index in [9.17, 15) is 5.11 Å². The third kappa shape index (κ3) is 3.54. The first-order valence-electron chi connectivity index (χ1n) is 6.44. The first-order chi connectivity index (χ1) is 8.70. The Hall–Kier alpha value is -0.420. The Labute approximate surface area is 117 Å². The smallest absolute Gasteiger partial charge is 0.0770 e. The number of nitrogens with one attached hydrogen (secondary N) is 1. The molecule has 1 aliphatic heterocycles. The maximum absolute atomic E-state index is 9.21. The number of aliphatic hydroxyl groups is 1. The van der Waals surface area contributed by atoms with Gasteiger partial charge in [-0.15, -0.1) is 0 Å². The van der Waals surface area contributed by atoms with Crippen LogP contribution >= 0.6 is 15.9 Å². The first-order valence-corrected chi connectivity index (χ1v) is 7.24. The molecule has 2 rings (SSSR count). The van der Waals surface area contributed by atoms with Gasteiger partial charge in [0.05, 0.1) is 18.8 Å². The van der Waals surface area contributed by atoms with Gasteiger partial charge in [-0.25, -0.2) is 0 Å². The highest BCUT2D eigenvalue weighted by Crippen LogP contribution is 2.28. The molecule has 3 nitrogen and oxygen atoms in total. The van der Waals surface area contributed by atoms with Gasteiger partial charge in [-0.05, 0) is 37.5 Å². The van der Waals surface area contributed by atoms with Gasteiger partial charge < -0.3 is 15.2 Å². The predicted octanol–water partition coefficient (Wildman–Crippen LogP) is 2.64. The van der Waals surface area contributed by atoms with E-state index in [0.717, 1.165) is 23.9 Å². The molecule has 0 aliphatic carbocycles. The lowest BCUT2D eigenvalue weighted by molar-refractivity contribution is 0.0708. The maximum Gasteiger partial charge on any atom is 0.0770 e. The van der Waals surface area contributed by atoms with E-state index in [-0.39, 0.29) is 24.8 Å². The average Bonchev–Trinajstić information content (AvgIpc) is 2.90. The highest BCUT2D eigenvalue weighted by molar-refractivity contribution is 9.10. The van der Waals surface area contributed by atoms with Crippen molar-refractivity contribution in [2.45, 2.75) is 38.0 Å². The molecular weight excluding hydrogens is 294 g/mol. The number of hydrogen-bond acceptors (Lipinski definition) is 3. The molecule has 1 heterocycles. The summed E-state index contributed by atoms with van der Waals surface area (Å²) < 4.78 is 6.87. The van der Waals surface area contributed by atoms with E-state index in [1.807, 2.05) is 19.1 Å². The fraction of sp³-hybridized carbons (Fsp3) is 0.571. The molecule has 0 spiro atoms. The number of aliphatic hydroxyl groups excluding tert-OH is 1. The van der Waals surface area contributed by atoms with Crippen LogP contribution in [0.3, 0.4) is 0 Å². The quantitative estimate of drug-likeness (QED) is 0.878. The van der Waals surface area contributed by atoms with Crippen molar-refractivity contribution in [3.8, 4) is 0 Å². The summed E-state index contributed by atoms with van der Waals surface area (Å²) in [6, 6.07) is 8.53. The SMILES string of the molecule is CC(CO)NC(c1ccc(Br)cc1)C1CCCO1. The third-order valence-electron chi connectivity index (χ3n) is 3.30. The van der Waals surface area contributed by atoms with Crippen LogP contribution in [0.1, 0.15) is 31.4 Å². The van der Waals surface area contributed by atoms with Crippen molar-refractivity contribution in [3.63, 3.8) is 0 Å². The fourth-order valence-electron chi connectivity index (χ4n) is 2.31. The van der Waals surface area contributed by atoms with E-state index >= 15 is 0 Å². The Bertz CT molecular complexity index is 363. The summed E-state index contributed by atoms with van der Waals surface area (Å²) in [5.41, 5.74) is 1.21. The zero-order valence-corrected chi connectivity index (χ0v) is 12.2. The summed E-state index contributed by atoms with van der Waals surface area (Å²) in [6.07, 6.45) is 2.40. The normalized spacial score (nSPS) is 22.9. The van der Waals surface area contributed by atoms with Crippen molar-refractivity contribution in [1.29, 1.82) is 0 Å². The van der Waals surface area contributed by atoms with Gasteiger partial charge in [0.15, 0.2) is 0 Å². The molecule has 1 fully saturated rings. The molecule has 1 saturated heterocycles. The Balaban J connectivity index is 2.14. The van der Waals surface area contributed by atoms with Crippen LogP contribution in [-0.4, -0.2) is 30.5 Å². The molecule has 0 radical (unpaired) electrons. The molecule has 1 aromatic rings. The maximum atomic E-state index is 9.21. The zero-order chi connectivity index (χ0) is 13.0. The number of rotatable bonds is 5. The minimum absolute atomic E-state index is 0.0721. The molecular formula is C14H20BrNO2. The summed E-state index contributed by atoms with van der Waals surface area (Å²) >= 11 is 3.45. The molecule has 0 aromatic heterocycles. The highest BCUT2D eigenvalue weighted by atomic mass is 79.9. The largest absolute Gasteiger partial charge is 0.395 e. The van der Waals surface area contributed by atoms with Crippen molar-refractivity contribution in [3.05, 3.63) is 34.3 Å². The van der Waals surface area contributed by atoms with Gasteiger partial charge in [0, 0.05) is 17.1 Å². The lowest BCUT2D eigenvalue weighted by Gasteiger charge is -2.27. The van der Waals surface area contributed by atoms with Gasteiger partial charge in [0.1, 0.15) is 0 Å². The first kappa shape index (κ1) is 14.0. The van der Waals surface area contributed by atoms with Crippen LogP contribution in [-0.2, 0) is 4.74 Å². The van der Waals surface area contributed by atoms with Crippen molar-refractivity contribution in [2.24, 2.45) is 0 Å². The van der Waals surface area contributed by atoms with Gasteiger partial charge >= 0.3 is 0 Å². The molecule has 3 atom stereocenters. The van der Waals surface area contributed by atoms with Crippen LogP contribution in [0.2, 0.25) is 0 Å². The molecule has 4 heteroatoms. The minimum Gasteiger partial charge on any atom is -0.395 e. The van der Waals surface area contributed by atoms with Crippen molar-refractivity contribution in [2.75, 3.05) is 13.2 Å². The fourth-order valence-corrected chi connectivity index (χ4v) is 2.58. The van der Waals surface area contributed by atoms with Gasteiger partial charge in [0.25, 0.3) is 0 Å². The number of halogens is 1. The highest BCUT2D eigenvalue weighted by Gasteiger charge is 2.28. The zero-order valence-electron chi connectivity index (χ0n) is 10.6. The molecule has 0 bridgehead atoms. The monoisotopic (exact) mass is 313 g/mol. The lowest BCUT2D eigenvalue weighted by atomic mass is 9.98. The Morgan fingerprint density at radius 2 is 2.17 bits per heavy atom. The number of hydrogen-bond donors (Lipinski definition) is 2. The van der Waals surface area contributed by atoms with E-state index in [0.29, 0.717) is 0 Å². The number of ether oxygens (including phenoxy) is 1. The van der Waals surface area contributed by atoms with E-state index in [1.54, 1.807) is 0 Å². The molecule has 1 aromatic carbocycles. The van der Waals surface area contributed by atoms with Crippen molar-refractivity contribution >= 4 is 15.9 Å². The summed E-state index contributed by atoms with van der Waals surface area (Å²) in [7, 11) is 0. The molecule has 3 unspecified atom stereocenters. The van der Waals surface area contributed by atoms with Crippen molar-refractivity contribution in [1.82, 2.24) is 5.32 Å². The summed E-state index contributed by atoms with van der Waals surface area (Å²) in [4.78, 5) is 0. The third-order valence-corrected chi connectivity index (χ3v) is 3.83. The predicted molar refractivity (Wildman–Crippen MR) is 75.5 cm³/mol. The molecule has 0 saturated carbocycles. The molecule has 0 amide bonds. The average molecular weight is 314 g/mol. The Kier molecular flexibility index (Phi) is 5.18.